The van der Waals surface area contributed by atoms with E-state index in [1.165, 1.54) is 0 Å². The van der Waals surface area contributed by atoms with Gasteiger partial charge >= 0.3 is 0 Å². The Morgan fingerprint density at radius 3 is 2.35 bits per heavy atom. The van der Waals surface area contributed by atoms with Crippen molar-refractivity contribution in [1.29, 1.82) is 0 Å². The van der Waals surface area contributed by atoms with Crippen molar-refractivity contribution in [3.05, 3.63) is 22.7 Å². The summed E-state index contributed by atoms with van der Waals surface area (Å²) in [7, 11) is 0. The second-order valence-corrected chi connectivity index (χ2v) is 6.31. The van der Waals surface area contributed by atoms with Crippen molar-refractivity contribution in [3.8, 4) is 0 Å². The number of aromatic nitrogens is 2. The highest BCUT2D eigenvalue weighted by Crippen LogP contribution is 2.21. The Kier molecular flexibility index (Phi) is 5.53. The topological polar surface area (TPSA) is 37.8 Å². The summed E-state index contributed by atoms with van der Waals surface area (Å²) in [6.45, 7) is 9.97. The maximum Gasteiger partial charge on any atom is 0.129 e. The molecule has 0 aliphatic carbocycles. The Labute approximate surface area is 113 Å². The van der Waals surface area contributed by atoms with E-state index in [1.54, 1.807) is 0 Å². The Morgan fingerprint density at radius 1 is 1.29 bits per heavy atom. The Balaban J connectivity index is 2.68. The number of hydrogen-bond donors (Lipinski definition) is 1. The van der Waals surface area contributed by atoms with E-state index in [0.29, 0.717) is 6.04 Å². The molecule has 96 valence electrons. The smallest absolute Gasteiger partial charge is 0.129 e. The molecular weight excluding hydrogens is 278 g/mol. The van der Waals surface area contributed by atoms with Crippen LogP contribution in [0.4, 0.5) is 0 Å². The summed E-state index contributed by atoms with van der Waals surface area (Å²) in [4.78, 5) is 8.68. The minimum Gasteiger partial charge on any atom is -0.313 e. The van der Waals surface area contributed by atoms with Crippen molar-refractivity contribution >= 4 is 15.9 Å². The summed E-state index contributed by atoms with van der Waals surface area (Å²) < 4.78 is 0.926. The van der Waals surface area contributed by atoms with Gasteiger partial charge in [0.15, 0.2) is 0 Å². The summed E-state index contributed by atoms with van der Waals surface area (Å²) >= 11 is 3.35. The minimum absolute atomic E-state index is 0.214. The van der Waals surface area contributed by atoms with Crippen molar-refractivity contribution in [2.24, 2.45) is 5.41 Å². The highest BCUT2D eigenvalue weighted by molar-refractivity contribution is 9.10. The van der Waals surface area contributed by atoms with Gasteiger partial charge in [0.05, 0.1) is 4.47 Å². The molecule has 4 heteroatoms. The largest absolute Gasteiger partial charge is 0.313 e. The third-order valence-corrected chi connectivity index (χ3v) is 3.16. The molecule has 0 spiro atoms. The zero-order chi connectivity index (χ0) is 12.9. The van der Waals surface area contributed by atoms with Gasteiger partial charge in [0.2, 0.25) is 0 Å². The lowest BCUT2D eigenvalue weighted by atomic mass is 9.84. The summed E-state index contributed by atoms with van der Waals surface area (Å²) in [5.41, 5.74) is 0.214. The molecule has 1 rings (SSSR count). The maximum absolute atomic E-state index is 4.34. The average Bonchev–Trinajstić information content (AvgIpc) is 2.25. The Bertz CT molecular complexity index is 330. The van der Waals surface area contributed by atoms with Gasteiger partial charge in [-0.1, -0.05) is 27.7 Å². The molecular formula is C13H22BrN3. The lowest BCUT2D eigenvalue weighted by Gasteiger charge is -2.31. The van der Waals surface area contributed by atoms with Crippen molar-refractivity contribution in [2.45, 2.75) is 46.6 Å². The van der Waals surface area contributed by atoms with E-state index in [0.717, 1.165) is 29.7 Å². The molecule has 1 aromatic heterocycles. The molecule has 0 fully saturated rings. The van der Waals surface area contributed by atoms with E-state index in [4.69, 9.17) is 0 Å². The lowest BCUT2D eigenvalue weighted by molar-refractivity contribution is 0.263. The third kappa shape index (κ3) is 5.13. The van der Waals surface area contributed by atoms with Gasteiger partial charge in [-0.05, 0) is 34.3 Å². The van der Waals surface area contributed by atoms with Crippen LogP contribution in [-0.4, -0.2) is 22.6 Å². The molecule has 0 amide bonds. The van der Waals surface area contributed by atoms with Crippen LogP contribution in [0.1, 0.15) is 39.9 Å². The van der Waals surface area contributed by atoms with Gasteiger partial charge in [-0.2, -0.15) is 0 Å². The van der Waals surface area contributed by atoms with Gasteiger partial charge in [-0.3, -0.25) is 0 Å². The van der Waals surface area contributed by atoms with Gasteiger partial charge in [0.1, 0.15) is 5.82 Å². The van der Waals surface area contributed by atoms with Crippen LogP contribution >= 0.6 is 15.9 Å². The molecule has 1 heterocycles. The van der Waals surface area contributed by atoms with Crippen LogP contribution in [-0.2, 0) is 6.42 Å². The van der Waals surface area contributed by atoms with E-state index in [2.05, 4.69) is 58.9 Å². The van der Waals surface area contributed by atoms with Crippen molar-refractivity contribution < 1.29 is 0 Å². The van der Waals surface area contributed by atoms with E-state index in [9.17, 15) is 0 Å². The SMILES string of the molecule is CCCNC(Cc1ncc(Br)cn1)C(C)(C)C. The van der Waals surface area contributed by atoms with Crippen molar-refractivity contribution in [3.63, 3.8) is 0 Å². The zero-order valence-electron chi connectivity index (χ0n) is 11.1. The van der Waals surface area contributed by atoms with Crippen LogP contribution in [0.15, 0.2) is 16.9 Å². The highest BCUT2D eigenvalue weighted by Gasteiger charge is 2.24. The molecule has 0 saturated heterocycles. The van der Waals surface area contributed by atoms with Gasteiger partial charge in [-0.15, -0.1) is 0 Å². The van der Waals surface area contributed by atoms with Gasteiger partial charge in [0.25, 0.3) is 0 Å². The van der Waals surface area contributed by atoms with Crippen LogP contribution in [0.3, 0.4) is 0 Å². The van der Waals surface area contributed by atoms with Crippen molar-refractivity contribution in [1.82, 2.24) is 15.3 Å². The maximum atomic E-state index is 4.34. The molecule has 3 nitrogen and oxygen atoms in total. The minimum atomic E-state index is 0.214. The fourth-order valence-corrected chi connectivity index (χ4v) is 1.83. The fourth-order valence-electron chi connectivity index (χ4n) is 1.63. The average molecular weight is 300 g/mol. The summed E-state index contributed by atoms with van der Waals surface area (Å²) in [6, 6.07) is 0.406. The molecule has 1 aromatic rings. The monoisotopic (exact) mass is 299 g/mol. The lowest BCUT2D eigenvalue weighted by Crippen LogP contribution is -2.42. The van der Waals surface area contributed by atoms with Gasteiger partial charge < -0.3 is 5.32 Å². The Hall–Kier alpha value is -0.480. The first kappa shape index (κ1) is 14.6. The first-order chi connectivity index (χ1) is 7.93. The molecule has 17 heavy (non-hydrogen) atoms. The van der Waals surface area contributed by atoms with Gasteiger partial charge in [-0.25, -0.2) is 9.97 Å². The van der Waals surface area contributed by atoms with E-state index < -0.39 is 0 Å². The predicted molar refractivity (Wildman–Crippen MR) is 75.0 cm³/mol. The fraction of sp³-hybridized carbons (Fsp3) is 0.692. The van der Waals surface area contributed by atoms with E-state index >= 15 is 0 Å². The summed E-state index contributed by atoms with van der Waals surface area (Å²) in [6.07, 6.45) is 5.63. The quantitative estimate of drug-likeness (QED) is 0.907. The molecule has 1 unspecified atom stereocenters. The van der Waals surface area contributed by atoms with Crippen LogP contribution in [0.25, 0.3) is 0 Å². The first-order valence-electron chi connectivity index (χ1n) is 6.13. The number of nitrogens with one attached hydrogen (secondary N) is 1. The molecule has 0 aromatic carbocycles. The third-order valence-electron chi connectivity index (χ3n) is 2.75. The summed E-state index contributed by atoms with van der Waals surface area (Å²) in [5, 5.41) is 3.58. The van der Waals surface area contributed by atoms with Crippen LogP contribution < -0.4 is 5.32 Å². The number of nitrogens with zero attached hydrogens (tertiary/aromatic N) is 2. The van der Waals surface area contributed by atoms with Crippen molar-refractivity contribution in [2.75, 3.05) is 6.54 Å². The second kappa shape index (κ2) is 6.45. The molecule has 1 N–H and O–H groups in total. The predicted octanol–water partition coefficient (Wildman–Crippen LogP) is 3.20. The number of rotatable bonds is 5. The molecule has 0 aliphatic rings. The van der Waals surface area contributed by atoms with Crippen LogP contribution in [0, 0.1) is 5.41 Å². The van der Waals surface area contributed by atoms with Gasteiger partial charge in [0, 0.05) is 24.9 Å². The number of halogens is 1. The normalized spacial score (nSPS) is 13.7. The molecule has 0 saturated carbocycles. The highest BCUT2D eigenvalue weighted by atomic mass is 79.9. The molecule has 0 bridgehead atoms. The molecule has 0 aliphatic heterocycles. The zero-order valence-corrected chi connectivity index (χ0v) is 12.7. The number of hydrogen-bond acceptors (Lipinski definition) is 3. The molecule has 1 atom stereocenters. The second-order valence-electron chi connectivity index (χ2n) is 5.39. The van der Waals surface area contributed by atoms with E-state index in [1.807, 2.05) is 12.4 Å². The first-order valence-corrected chi connectivity index (χ1v) is 6.92. The summed E-state index contributed by atoms with van der Waals surface area (Å²) in [5.74, 6) is 0.900. The Morgan fingerprint density at radius 2 is 1.88 bits per heavy atom. The van der Waals surface area contributed by atoms with E-state index in [-0.39, 0.29) is 5.41 Å². The van der Waals surface area contributed by atoms with Crippen LogP contribution in [0.2, 0.25) is 0 Å². The molecule has 0 radical (unpaired) electrons. The standard InChI is InChI=1S/C13H22BrN3/c1-5-6-15-11(13(2,3)4)7-12-16-8-10(14)9-17-12/h8-9,11,15H,5-7H2,1-4H3. The van der Waals surface area contributed by atoms with Crippen LogP contribution in [0.5, 0.6) is 0 Å².